The van der Waals surface area contributed by atoms with Crippen LogP contribution in [-0.4, -0.2) is 59.4 Å². The molecule has 1 heterocycles. The lowest BCUT2D eigenvalue weighted by Gasteiger charge is -2.37. The third kappa shape index (κ3) is 8.22. The van der Waals surface area contributed by atoms with Crippen molar-refractivity contribution in [1.82, 2.24) is 15.1 Å². The number of benzene rings is 1. The summed E-state index contributed by atoms with van der Waals surface area (Å²) in [5.41, 5.74) is 5.03. The van der Waals surface area contributed by atoms with E-state index < -0.39 is 0 Å². The molecule has 5 nitrogen and oxygen atoms in total. The SMILES string of the molecule is CCC=NC(=C(/CCC)N(C)C1CCC(O)CC1)/C(=C\CC)N[C@@H]1CCN(Cc2ccccc2)C1. The van der Waals surface area contributed by atoms with Crippen LogP contribution in [0.5, 0.6) is 0 Å². The van der Waals surface area contributed by atoms with Gasteiger partial charge in [-0.3, -0.25) is 9.89 Å². The van der Waals surface area contributed by atoms with Crippen LogP contribution in [0.25, 0.3) is 0 Å². The molecule has 1 aliphatic heterocycles. The van der Waals surface area contributed by atoms with E-state index in [2.05, 4.69) is 85.6 Å². The average molecular weight is 481 g/mol. The van der Waals surface area contributed by atoms with Gasteiger partial charge in [0.25, 0.3) is 0 Å². The van der Waals surface area contributed by atoms with E-state index in [-0.39, 0.29) is 6.10 Å². The highest BCUT2D eigenvalue weighted by Crippen LogP contribution is 2.30. The maximum atomic E-state index is 10.0. The van der Waals surface area contributed by atoms with Crippen LogP contribution >= 0.6 is 0 Å². The molecule has 35 heavy (non-hydrogen) atoms. The maximum Gasteiger partial charge on any atom is 0.104 e. The fourth-order valence-corrected chi connectivity index (χ4v) is 5.43. The third-order valence-corrected chi connectivity index (χ3v) is 7.35. The number of nitrogens with one attached hydrogen (secondary N) is 1. The molecule has 2 N–H and O–H groups in total. The van der Waals surface area contributed by atoms with Crippen molar-refractivity contribution in [2.45, 2.75) is 103 Å². The Morgan fingerprint density at radius 1 is 1.09 bits per heavy atom. The molecule has 1 aromatic rings. The Kier molecular flexibility index (Phi) is 11.3. The summed E-state index contributed by atoms with van der Waals surface area (Å²) >= 11 is 0. The number of likely N-dealkylation sites (tertiary alicyclic amines) is 1. The molecule has 0 aromatic heterocycles. The Balaban J connectivity index is 1.80. The molecule has 1 atom stereocenters. The highest BCUT2D eigenvalue weighted by Gasteiger charge is 2.28. The predicted molar refractivity (Wildman–Crippen MR) is 148 cm³/mol. The van der Waals surface area contributed by atoms with Gasteiger partial charge >= 0.3 is 0 Å². The summed E-state index contributed by atoms with van der Waals surface area (Å²) in [4.78, 5) is 10.1. The fraction of sp³-hybridized carbons (Fsp3) is 0.633. The van der Waals surface area contributed by atoms with Crippen molar-refractivity contribution in [1.29, 1.82) is 0 Å². The molecule has 1 saturated carbocycles. The van der Waals surface area contributed by atoms with Crippen LogP contribution in [0.15, 0.2) is 58.5 Å². The van der Waals surface area contributed by atoms with E-state index in [1.165, 1.54) is 17.0 Å². The zero-order valence-corrected chi connectivity index (χ0v) is 22.5. The highest BCUT2D eigenvalue weighted by atomic mass is 16.3. The fourth-order valence-electron chi connectivity index (χ4n) is 5.43. The average Bonchev–Trinajstić information content (AvgIpc) is 3.31. The molecule has 1 aromatic carbocycles. The standard InChI is InChI=1S/C30H48N4O/c1-5-11-28(32-25-19-21-34(23-25)22-24-13-9-8-10-14-24)30(31-20-7-3)29(12-6-2)33(4)26-15-17-27(35)18-16-26/h8-11,13-14,20,25-27,32,35H,5-7,12,15-19,21-23H2,1-4H3/b28-11+,30-29-,31-20?/t25-,26?,27?/m1/s1. The minimum Gasteiger partial charge on any atom is -0.393 e. The summed E-state index contributed by atoms with van der Waals surface area (Å²) in [5, 5.41) is 14.0. The van der Waals surface area contributed by atoms with Crippen molar-refractivity contribution in [2.75, 3.05) is 20.1 Å². The molecule has 5 heteroatoms. The monoisotopic (exact) mass is 480 g/mol. The van der Waals surface area contributed by atoms with E-state index in [1.807, 2.05) is 0 Å². The van der Waals surface area contributed by atoms with Crippen molar-refractivity contribution < 1.29 is 5.11 Å². The van der Waals surface area contributed by atoms with Crippen molar-refractivity contribution in [2.24, 2.45) is 4.99 Å². The van der Waals surface area contributed by atoms with Crippen molar-refractivity contribution in [3.05, 3.63) is 59.1 Å². The number of allylic oxidation sites excluding steroid dienone is 2. The van der Waals surface area contributed by atoms with Crippen LogP contribution in [0.4, 0.5) is 0 Å². The highest BCUT2D eigenvalue weighted by molar-refractivity contribution is 5.60. The second-order valence-electron chi connectivity index (χ2n) is 10.2. The molecule has 2 aliphatic rings. The van der Waals surface area contributed by atoms with Crippen LogP contribution in [0, 0.1) is 0 Å². The Morgan fingerprint density at radius 3 is 2.49 bits per heavy atom. The maximum absolute atomic E-state index is 10.0. The zero-order valence-electron chi connectivity index (χ0n) is 22.5. The molecule has 3 rings (SSSR count). The Hall–Kier alpha value is -2.11. The zero-order chi connectivity index (χ0) is 25.0. The number of hydrogen-bond acceptors (Lipinski definition) is 5. The molecule has 0 amide bonds. The van der Waals surface area contributed by atoms with Crippen molar-refractivity contribution in [3.8, 4) is 0 Å². The number of aliphatic hydroxyl groups is 1. The molecule has 1 saturated heterocycles. The van der Waals surface area contributed by atoms with Gasteiger partial charge in [0.15, 0.2) is 0 Å². The van der Waals surface area contributed by atoms with Gasteiger partial charge in [0, 0.05) is 50.7 Å². The van der Waals surface area contributed by atoms with Crippen LogP contribution in [0.3, 0.4) is 0 Å². The van der Waals surface area contributed by atoms with E-state index >= 15 is 0 Å². The summed E-state index contributed by atoms with van der Waals surface area (Å²) in [6.45, 7) is 9.82. The molecular formula is C30H48N4O. The minimum atomic E-state index is -0.130. The van der Waals surface area contributed by atoms with Crippen LogP contribution in [-0.2, 0) is 6.54 Å². The van der Waals surface area contributed by atoms with Gasteiger partial charge in [-0.25, -0.2) is 0 Å². The van der Waals surface area contributed by atoms with Gasteiger partial charge in [-0.05, 0) is 56.9 Å². The summed E-state index contributed by atoms with van der Waals surface area (Å²) < 4.78 is 0. The van der Waals surface area contributed by atoms with Gasteiger partial charge in [-0.15, -0.1) is 0 Å². The first-order valence-corrected chi connectivity index (χ1v) is 14.0. The lowest BCUT2D eigenvalue weighted by atomic mass is 9.91. The number of rotatable bonds is 12. The van der Waals surface area contributed by atoms with E-state index in [4.69, 9.17) is 4.99 Å². The number of aliphatic imine (C=N–C) groups is 1. The molecule has 0 unspecified atom stereocenters. The second-order valence-corrected chi connectivity index (χ2v) is 10.2. The van der Waals surface area contributed by atoms with Crippen LogP contribution in [0.1, 0.15) is 84.1 Å². The Labute approximate surface area is 214 Å². The van der Waals surface area contributed by atoms with E-state index in [0.717, 1.165) is 83.1 Å². The summed E-state index contributed by atoms with van der Waals surface area (Å²) in [6.07, 6.45) is 13.3. The number of aliphatic hydroxyl groups excluding tert-OH is 1. The third-order valence-electron chi connectivity index (χ3n) is 7.35. The molecule has 1 aliphatic carbocycles. The topological polar surface area (TPSA) is 51.1 Å². The molecule has 0 spiro atoms. The molecule has 0 radical (unpaired) electrons. The predicted octanol–water partition coefficient (Wildman–Crippen LogP) is 5.87. The summed E-state index contributed by atoms with van der Waals surface area (Å²) in [6, 6.07) is 11.7. The molecular weight excluding hydrogens is 432 g/mol. The van der Waals surface area contributed by atoms with Gasteiger partial charge in [-0.2, -0.15) is 0 Å². The van der Waals surface area contributed by atoms with Gasteiger partial charge < -0.3 is 15.3 Å². The normalized spacial score (nSPS) is 24.6. The quantitative estimate of drug-likeness (QED) is 0.290. The van der Waals surface area contributed by atoms with E-state index in [9.17, 15) is 5.11 Å². The minimum absolute atomic E-state index is 0.130. The molecule has 0 bridgehead atoms. The van der Waals surface area contributed by atoms with E-state index in [1.54, 1.807) is 0 Å². The number of hydrogen-bond donors (Lipinski definition) is 2. The van der Waals surface area contributed by atoms with Crippen molar-refractivity contribution in [3.63, 3.8) is 0 Å². The van der Waals surface area contributed by atoms with Gasteiger partial charge in [0.1, 0.15) is 5.70 Å². The van der Waals surface area contributed by atoms with Crippen LogP contribution < -0.4 is 5.32 Å². The Bertz CT molecular complexity index is 839. The first kappa shape index (κ1) is 27.5. The summed E-state index contributed by atoms with van der Waals surface area (Å²) in [7, 11) is 2.25. The van der Waals surface area contributed by atoms with Gasteiger partial charge in [0.2, 0.25) is 0 Å². The number of nitrogens with zero attached hydrogens (tertiary/aromatic N) is 3. The largest absolute Gasteiger partial charge is 0.393 e. The van der Waals surface area contributed by atoms with Gasteiger partial charge in [0.05, 0.1) is 11.8 Å². The summed E-state index contributed by atoms with van der Waals surface area (Å²) in [5.74, 6) is 0. The van der Waals surface area contributed by atoms with E-state index in [0.29, 0.717) is 12.1 Å². The molecule has 194 valence electrons. The smallest absolute Gasteiger partial charge is 0.104 e. The first-order chi connectivity index (χ1) is 17.0. The lowest BCUT2D eigenvalue weighted by Crippen LogP contribution is -2.37. The van der Waals surface area contributed by atoms with Crippen molar-refractivity contribution >= 4 is 6.21 Å². The van der Waals surface area contributed by atoms with Gasteiger partial charge in [-0.1, -0.05) is 63.6 Å². The molecule has 2 fully saturated rings. The van der Waals surface area contributed by atoms with Crippen LogP contribution in [0.2, 0.25) is 0 Å². The Morgan fingerprint density at radius 2 is 1.83 bits per heavy atom. The second kappa shape index (κ2) is 14.4. The lowest BCUT2D eigenvalue weighted by molar-refractivity contribution is 0.0930. The first-order valence-electron chi connectivity index (χ1n) is 14.0.